The molecular weight excluding hydrogens is 1420 g/mol. The van der Waals surface area contributed by atoms with Crippen LogP contribution in [-0.2, 0) is 18.3 Å². The quantitative estimate of drug-likeness (QED) is 0.133. The fraction of sp³-hybridized carbons (Fsp3) is 0.333. The molecule has 0 N–H and O–H groups in total. The number of benzene rings is 11. The number of aryl methyl sites for hydroxylation is 1. The first-order chi connectivity index (χ1) is 57.1. The van der Waals surface area contributed by atoms with Gasteiger partial charge in [-0.1, -0.05) is 345 Å². The molecule has 0 bridgehead atoms. The monoisotopic (exact) mass is 1540 g/mol. The second kappa shape index (κ2) is 27.6. The Morgan fingerprint density at radius 3 is 1.47 bits per heavy atom. The summed E-state index contributed by atoms with van der Waals surface area (Å²) in [6.07, 6.45) is 31.9. The molecule has 22 rings (SSSR count). The molecule has 0 amide bonds. The van der Waals surface area contributed by atoms with Gasteiger partial charge < -0.3 is 14.7 Å². The van der Waals surface area contributed by atoms with Gasteiger partial charge in [-0.25, -0.2) is 0 Å². The molecule has 11 aromatic carbocycles. The van der Waals surface area contributed by atoms with Gasteiger partial charge in [0, 0.05) is 74.6 Å². The Hall–Kier alpha value is -10.4. The van der Waals surface area contributed by atoms with Crippen LogP contribution in [0, 0.1) is 51.8 Å². The summed E-state index contributed by atoms with van der Waals surface area (Å²) in [6.45, 7) is 29.2. The largest absolute Gasteiger partial charge is 0.365 e. The zero-order chi connectivity index (χ0) is 80.2. The van der Waals surface area contributed by atoms with Gasteiger partial charge in [-0.2, -0.15) is 0 Å². The van der Waals surface area contributed by atoms with E-state index in [1.165, 1.54) is 220 Å². The Balaban J connectivity index is 0.906. The minimum atomic E-state index is -0.229. The molecule has 1 saturated heterocycles. The number of nitrogens with zero attached hydrogens (tertiary/aromatic N) is 3. The maximum absolute atomic E-state index is 3.10. The lowest BCUT2D eigenvalue weighted by molar-refractivity contribution is 0.197. The third-order valence-corrected chi connectivity index (χ3v) is 30.7. The van der Waals surface area contributed by atoms with Crippen LogP contribution in [0.1, 0.15) is 187 Å². The van der Waals surface area contributed by atoms with E-state index in [0.29, 0.717) is 47.6 Å². The Bertz CT molecular complexity index is 5990. The Morgan fingerprint density at radius 1 is 0.415 bits per heavy atom. The number of hydrogen-bond acceptors (Lipinski definition) is 3. The lowest BCUT2D eigenvalue weighted by Gasteiger charge is -2.48. The fourth-order valence-corrected chi connectivity index (χ4v) is 24.8. The second-order valence-electron chi connectivity index (χ2n) is 41.6. The van der Waals surface area contributed by atoms with E-state index in [2.05, 4.69) is 359 Å². The lowest BCUT2D eigenvalue weighted by Crippen LogP contribution is -2.61. The van der Waals surface area contributed by atoms with Crippen LogP contribution in [0.4, 0.5) is 39.8 Å². The van der Waals surface area contributed by atoms with Crippen LogP contribution in [-0.4, -0.2) is 18.8 Å². The zero-order valence-electron chi connectivity index (χ0n) is 71.6. The minimum absolute atomic E-state index is 0.0333. The lowest BCUT2D eigenvalue weighted by atomic mass is 9.33. The van der Waals surface area contributed by atoms with Crippen molar-refractivity contribution >= 4 is 79.3 Å². The average molecular weight is 1540 g/mol. The summed E-state index contributed by atoms with van der Waals surface area (Å²) in [5, 5.41) is 2.98. The number of allylic oxidation sites excluding steroid dienone is 12. The summed E-state index contributed by atoms with van der Waals surface area (Å²) in [5.41, 5.74) is 41.6. The van der Waals surface area contributed by atoms with Gasteiger partial charge >= 0.3 is 0 Å². The van der Waals surface area contributed by atoms with Gasteiger partial charge in [-0.3, -0.25) is 0 Å². The molecule has 9 atom stereocenters. The van der Waals surface area contributed by atoms with Gasteiger partial charge in [0.1, 0.15) is 0 Å². The van der Waals surface area contributed by atoms with E-state index < -0.39 is 0 Å². The second-order valence-corrected chi connectivity index (χ2v) is 41.6. The fourth-order valence-electron chi connectivity index (χ4n) is 24.8. The Morgan fingerprint density at radius 2 is 0.949 bits per heavy atom. The third-order valence-electron chi connectivity index (χ3n) is 30.7. The number of para-hydroxylation sites is 2. The zero-order valence-corrected chi connectivity index (χ0v) is 71.6. The third kappa shape index (κ3) is 11.9. The van der Waals surface area contributed by atoms with Crippen molar-refractivity contribution in [2.45, 2.75) is 190 Å². The van der Waals surface area contributed by atoms with Crippen molar-refractivity contribution in [1.82, 2.24) is 0 Å². The molecule has 588 valence electrons. The van der Waals surface area contributed by atoms with E-state index >= 15 is 0 Å². The minimum Gasteiger partial charge on any atom is -0.365 e. The number of rotatable bonds is 9. The molecule has 8 aliphatic carbocycles. The Kier molecular flexibility index (Phi) is 17.3. The van der Waals surface area contributed by atoms with E-state index in [1.54, 1.807) is 27.6 Å². The first kappa shape index (κ1) is 73.9. The van der Waals surface area contributed by atoms with Gasteiger partial charge in [-0.05, 0) is 256 Å². The van der Waals surface area contributed by atoms with Crippen molar-refractivity contribution in [1.29, 1.82) is 0 Å². The summed E-state index contributed by atoms with van der Waals surface area (Å²) in [4.78, 5) is 8.82. The van der Waals surface area contributed by atoms with Crippen molar-refractivity contribution < 1.29 is 0 Å². The summed E-state index contributed by atoms with van der Waals surface area (Å²) in [6, 6.07) is 90.7. The molecular formula is C114H114BN3. The molecule has 118 heavy (non-hydrogen) atoms. The normalized spacial score (nSPS) is 23.3. The van der Waals surface area contributed by atoms with Crippen LogP contribution in [0.2, 0.25) is 0 Å². The molecule has 11 aliphatic rings. The molecule has 3 nitrogen and oxygen atoms in total. The van der Waals surface area contributed by atoms with Crippen LogP contribution in [0.25, 0.3) is 72.0 Å². The van der Waals surface area contributed by atoms with Crippen LogP contribution >= 0.6 is 0 Å². The first-order valence-corrected chi connectivity index (χ1v) is 45.3. The summed E-state index contributed by atoms with van der Waals surface area (Å²) < 4.78 is 0. The van der Waals surface area contributed by atoms with Crippen molar-refractivity contribution in [2.24, 2.45) is 51.8 Å². The number of hydrogen-bond donors (Lipinski definition) is 0. The van der Waals surface area contributed by atoms with Gasteiger partial charge in [0.25, 0.3) is 6.71 Å². The SMILES string of the molecule is CC(C)(C)C1=CC2=C(c3ccc4c(c3)B3c5cc(-c6cc7c8c9c(cc(C(C)(C)C)cc69)CCC8CC(C(C)(C)C)C7)ccc5N(c5c(-c6ccccc6)cccc5-c5ccccc5)c5cc(N6C7CCCCC7C7CCCCC76)cc(c53)N4c3c(-c4ccccc4)cccc3-c3ccccc3)C=C3C=C(C(C)(C)C)CC4C=CC(=C1)C2C34. The van der Waals surface area contributed by atoms with Gasteiger partial charge in [0.05, 0.1) is 11.4 Å². The Labute approximate surface area is 703 Å². The van der Waals surface area contributed by atoms with Crippen molar-refractivity contribution in [3.63, 3.8) is 0 Å². The van der Waals surface area contributed by atoms with Gasteiger partial charge in [0.2, 0.25) is 0 Å². The summed E-state index contributed by atoms with van der Waals surface area (Å²) >= 11 is 0. The molecule has 2 saturated carbocycles. The topological polar surface area (TPSA) is 9.72 Å². The highest BCUT2D eigenvalue weighted by atomic mass is 15.3. The molecule has 3 aliphatic heterocycles. The molecule has 0 radical (unpaired) electrons. The standard InChI is InChI=1S/C114H114BN3/c1-111(2,3)81-55-75-47-49-77-57-83(113(7,8)9)65-94-92(61-79(59-81)104(75)106(77)94)73-51-53-100-96(63-73)115-97-64-74(93-62-80-60-82(112(4,5)6)56-76-48-50-78-58-84(114(10,11)12)66-95(93)107(78)105(76)80)52-54-101(97)118(110-88(71-35-21-15-22-36-71)43-30-44-89(110)72-37-23-16-24-38-72)103-68-85(116-98-45-27-25-39-90(98)91-40-26-28-46-99(91)116)67-102(108(103)115)117(100)109-86(69-31-17-13-18-32-69)41-29-42-87(109)70-33-19-14-20-34-70/h13-24,29-38,41-44,47,49,51-54,57-59,61-68,75-76,82,90-91,98-99,104,106H,25-28,39-40,45-46,48,50,55-56,60H2,1-12H3. The predicted molar refractivity (Wildman–Crippen MR) is 503 cm³/mol. The van der Waals surface area contributed by atoms with E-state index in [4.69, 9.17) is 0 Å². The van der Waals surface area contributed by atoms with E-state index in [0.717, 1.165) is 19.3 Å². The molecule has 3 heterocycles. The van der Waals surface area contributed by atoms with Crippen molar-refractivity contribution in [3.05, 3.63) is 317 Å². The van der Waals surface area contributed by atoms with Crippen LogP contribution in [0.5, 0.6) is 0 Å². The average Bonchev–Trinajstić information content (AvgIpc) is 1.05. The number of anilines is 7. The summed E-state index contributed by atoms with van der Waals surface area (Å²) in [5.74, 6) is 3.53. The number of fused-ring (bicyclic) bond motifs is 7. The van der Waals surface area contributed by atoms with Crippen molar-refractivity contribution in [2.75, 3.05) is 14.7 Å². The maximum Gasteiger partial charge on any atom is 0.252 e. The van der Waals surface area contributed by atoms with Crippen LogP contribution in [0.3, 0.4) is 0 Å². The summed E-state index contributed by atoms with van der Waals surface area (Å²) in [7, 11) is 0. The van der Waals surface area contributed by atoms with E-state index in [9.17, 15) is 0 Å². The van der Waals surface area contributed by atoms with Gasteiger partial charge in [0.15, 0.2) is 0 Å². The highest BCUT2D eigenvalue weighted by Gasteiger charge is 2.53. The molecule has 0 aromatic heterocycles. The van der Waals surface area contributed by atoms with E-state index in [-0.39, 0.29) is 34.3 Å². The van der Waals surface area contributed by atoms with E-state index in [1.807, 2.05) is 0 Å². The predicted octanol–water partition coefficient (Wildman–Crippen LogP) is 28.5. The molecule has 4 heteroatoms. The van der Waals surface area contributed by atoms with Crippen LogP contribution in [0.15, 0.2) is 289 Å². The highest BCUT2D eigenvalue weighted by Crippen LogP contribution is 2.62. The molecule has 3 fully saturated rings. The first-order valence-electron chi connectivity index (χ1n) is 45.3. The van der Waals surface area contributed by atoms with Gasteiger partial charge in [-0.15, -0.1) is 0 Å². The molecule has 11 aromatic rings. The molecule has 9 unspecified atom stereocenters. The highest BCUT2D eigenvalue weighted by molar-refractivity contribution is 7.00. The smallest absolute Gasteiger partial charge is 0.252 e. The van der Waals surface area contributed by atoms with Crippen molar-refractivity contribution in [3.8, 4) is 55.6 Å². The molecule has 0 spiro atoms. The maximum atomic E-state index is 3.10. The van der Waals surface area contributed by atoms with Crippen LogP contribution < -0.4 is 31.1 Å².